The quantitative estimate of drug-likeness (QED) is 0.240. The van der Waals surface area contributed by atoms with E-state index in [0.717, 1.165) is 5.56 Å². The maximum Gasteiger partial charge on any atom is 0.326 e. The summed E-state index contributed by atoms with van der Waals surface area (Å²) >= 11 is 0. The number of amides is 1. The second kappa shape index (κ2) is 9.85. The fourth-order valence-corrected chi connectivity index (χ4v) is 3.90. The minimum Gasteiger partial charge on any atom is -0.481 e. The van der Waals surface area contributed by atoms with Crippen LogP contribution in [-0.4, -0.2) is 90.1 Å². The highest BCUT2D eigenvalue weighted by atomic mass is 16.6. The van der Waals surface area contributed by atoms with Crippen molar-refractivity contribution in [3.8, 4) is 0 Å². The first-order valence-electron chi connectivity index (χ1n) is 10.2. The van der Waals surface area contributed by atoms with Gasteiger partial charge >= 0.3 is 11.9 Å². The van der Waals surface area contributed by atoms with Crippen LogP contribution in [0.3, 0.4) is 0 Å². The number of hydrogen-bond donors (Lipinski definition) is 7. The molecule has 1 aromatic carbocycles. The highest BCUT2D eigenvalue weighted by molar-refractivity contribution is 5.92. The van der Waals surface area contributed by atoms with Crippen LogP contribution in [0.2, 0.25) is 0 Å². The van der Waals surface area contributed by atoms with Crippen LogP contribution >= 0.6 is 0 Å². The zero-order chi connectivity index (χ0) is 24.4. The molecule has 0 aliphatic carbocycles. The number of carbonyl (C=O) groups is 3. The van der Waals surface area contributed by atoms with E-state index < -0.39 is 67.6 Å². The summed E-state index contributed by atoms with van der Waals surface area (Å²) in [4.78, 5) is 34.6. The third kappa shape index (κ3) is 5.15. The Morgan fingerprint density at radius 3 is 2.42 bits per heavy atom. The lowest BCUT2D eigenvalue weighted by Crippen LogP contribution is -2.56. The van der Waals surface area contributed by atoms with Gasteiger partial charge < -0.3 is 45.3 Å². The molecular weight excluding hydrogens is 440 g/mol. The fourth-order valence-electron chi connectivity index (χ4n) is 3.90. The van der Waals surface area contributed by atoms with Gasteiger partial charge in [-0.25, -0.2) is 4.79 Å². The average molecular weight is 466 g/mol. The maximum atomic E-state index is 12.5. The summed E-state index contributed by atoms with van der Waals surface area (Å²) < 4.78 is 7.09. The summed E-state index contributed by atoms with van der Waals surface area (Å²) in [5.41, 5.74) is 1.81. The number of fused-ring (bicyclic) bond motifs is 1. The number of rotatable bonds is 8. The summed E-state index contributed by atoms with van der Waals surface area (Å²) in [5.74, 6) is -3.58. The van der Waals surface area contributed by atoms with E-state index in [1.54, 1.807) is 18.2 Å². The molecule has 12 heteroatoms. The number of nitrogens with zero attached hydrogens (tertiary/aromatic N) is 1. The summed E-state index contributed by atoms with van der Waals surface area (Å²) in [7, 11) is 0. The van der Waals surface area contributed by atoms with E-state index in [1.807, 2.05) is 6.92 Å². The van der Waals surface area contributed by atoms with Crippen LogP contribution in [0.15, 0.2) is 24.4 Å². The summed E-state index contributed by atoms with van der Waals surface area (Å²) in [6, 6.07) is 3.65. The number of aromatic nitrogens is 1. The minimum absolute atomic E-state index is 0.298. The van der Waals surface area contributed by atoms with Crippen LogP contribution in [0.1, 0.15) is 23.8 Å². The van der Waals surface area contributed by atoms with Gasteiger partial charge in [0.1, 0.15) is 30.5 Å². The van der Waals surface area contributed by atoms with E-state index in [1.165, 1.54) is 10.8 Å². The Balaban J connectivity index is 1.94. The number of aliphatic hydroxyl groups is 4. The number of carboxylic acids is 2. The molecule has 33 heavy (non-hydrogen) atoms. The predicted octanol–water partition coefficient (Wildman–Crippen LogP) is -1.49. The Morgan fingerprint density at radius 2 is 1.82 bits per heavy atom. The van der Waals surface area contributed by atoms with E-state index in [4.69, 9.17) is 14.9 Å². The van der Waals surface area contributed by atoms with E-state index in [2.05, 4.69) is 5.32 Å². The van der Waals surface area contributed by atoms with E-state index in [-0.39, 0.29) is 6.42 Å². The third-order valence-corrected chi connectivity index (χ3v) is 5.58. The molecule has 1 fully saturated rings. The van der Waals surface area contributed by atoms with Crippen molar-refractivity contribution < 1.29 is 49.8 Å². The van der Waals surface area contributed by atoms with Crippen molar-refractivity contribution in [2.24, 2.45) is 0 Å². The molecule has 12 nitrogen and oxygen atoms in total. The van der Waals surface area contributed by atoms with Crippen LogP contribution in [0.25, 0.3) is 10.9 Å². The lowest BCUT2D eigenvalue weighted by atomic mass is 9.98. The number of carbonyl (C=O) groups excluding carboxylic acids is 1. The normalized spacial score (nSPS) is 26.2. The van der Waals surface area contributed by atoms with Crippen molar-refractivity contribution in [2.45, 2.75) is 56.5 Å². The Kier molecular flexibility index (Phi) is 7.34. The van der Waals surface area contributed by atoms with Gasteiger partial charge in [-0.1, -0.05) is 11.6 Å². The number of aryl methyl sites for hydroxylation is 1. The number of ether oxygens (including phenoxy) is 1. The molecule has 1 aromatic heterocycles. The van der Waals surface area contributed by atoms with Crippen molar-refractivity contribution in [1.82, 2.24) is 9.88 Å². The second-order valence-electron chi connectivity index (χ2n) is 8.03. The lowest BCUT2D eigenvalue weighted by Gasteiger charge is -2.40. The Labute approximate surface area is 187 Å². The molecule has 3 rings (SSSR count). The zero-order valence-electron chi connectivity index (χ0n) is 17.7. The first-order chi connectivity index (χ1) is 15.5. The van der Waals surface area contributed by atoms with Gasteiger partial charge in [0.15, 0.2) is 6.23 Å². The first-order valence-corrected chi connectivity index (χ1v) is 10.2. The molecule has 7 N–H and O–H groups in total. The van der Waals surface area contributed by atoms with Gasteiger partial charge in [-0.15, -0.1) is 0 Å². The number of hydrogen-bond acceptors (Lipinski definition) is 8. The van der Waals surface area contributed by atoms with Crippen molar-refractivity contribution in [2.75, 3.05) is 6.61 Å². The third-order valence-electron chi connectivity index (χ3n) is 5.58. The van der Waals surface area contributed by atoms with E-state index in [0.29, 0.717) is 16.5 Å². The molecule has 1 saturated heterocycles. The highest BCUT2D eigenvalue weighted by Crippen LogP contribution is 2.33. The first kappa shape index (κ1) is 24.6. The molecular formula is C21H26N2O10. The molecule has 1 unspecified atom stereocenters. The van der Waals surface area contributed by atoms with Gasteiger partial charge in [-0.05, 0) is 24.6 Å². The van der Waals surface area contributed by atoms with Crippen molar-refractivity contribution in [1.29, 1.82) is 0 Å². The zero-order valence-corrected chi connectivity index (χ0v) is 17.7. The van der Waals surface area contributed by atoms with Gasteiger partial charge in [0.25, 0.3) is 0 Å². The number of nitrogens with one attached hydrogen (secondary N) is 1. The van der Waals surface area contributed by atoms with Crippen molar-refractivity contribution >= 4 is 28.7 Å². The molecule has 6 atom stereocenters. The highest BCUT2D eigenvalue weighted by Gasteiger charge is 2.44. The molecule has 0 saturated carbocycles. The maximum absolute atomic E-state index is 12.5. The average Bonchev–Trinajstić information content (AvgIpc) is 3.08. The largest absolute Gasteiger partial charge is 0.481 e. The standard InChI is InChI=1S/C21H26N2O10/c1-9-2-3-13-11(4-9)10(5-15(25)22-12(21(31)32)6-16(26)27)7-23(13)20-19(30)18(29)17(28)14(8-24)33-20/h2-4,7,12,14,17-20,24,28-30H,5-6,8H2,1H3,(H,22,25)(H,26,27)(H,31,32)/t12-,14-,17-,18+,19-,20?/m1/s1. The topological polar surface area (TPSA) is 199 Å². The Bertz CT molecular complexity index is 1050. The van der Waals surface area contributed by atoms with E-state index >= 15 is 0 Å². The molecule has 180 valence electrons. The Morgan fingerprint density at radius 1 is 1.12 bits per heavy atom. The monoisotopic (exact) mass is 466 g/mol. The number of benzene rings is 1. The number of carboxylic acid groups (broad SMARTS) is 2. The van der Waals surface area contributed by atoms with Crippen molar-refractivity contribution in [3.05, 3.63) is 35.5 Å². The van der Waals surface area contributed by atoms with Crippen LogP contribution in [-0.2, 0) is 25.5 Å². The second-order valence-corrected chi connectivity index (χ2v) is 8.03. The van der Waals surface area contributed by atoms with Crippen LogP contribution in [0.5, 0.6) is 0 Å². The minimum atomic E-state index is -1.60. The lowest BCUT2D eigenvalue weighted by molar-refractivity contribution is -0.250. The fraction of sp³-hybridized carbons (Fsp3) is 0.476. The van der Waals surface area contributed by atoms with Crippen LogP contribution < -0.4 is 5.32 Å². The molecule has 2 aromatic rings. The number of aliphatic carboxylic acids is 2. The van der Waals surface area contributed by atoms with Gasteiger partial charge in [0, 0.05) is 11.6 Å². The smallest absolute Gasteiger partial charge is 0.326 e. The van der Waals surface area contributed by atoms with Gasteiger partial charge in [-0.3, -0.25) is 9.59 Å². The van der Waals surface area contributed by atoms with Gasteiger partial charge in [-0.2, -0.15) is 0 Å². The summed E-state index contributed by atoms with van der Waals surface area (Å²) in [6.45, 7) is 1.22. The van der Waals surface area contributed by atoms with Crippen LogP contribution in [0, 0.1) is 6.92 Å². The van der Waals surface area contributed by atoms with Gasteiger partial charge in [0.2, 0.25) is 5.91 Å². The molecule has 2 heterocycles. The summed E-state index contributed by atoms with van der Waals surface area (Å²) in [5, 5.41) is 60.9. The SMILES string of the molecule is Cc1ccc2c(c1)c(CC(=O)N[C@H](CC(=O)O)C(=O)O)cn2C1O[C@H](CO)[C@@H](O)[C@H](O)[C@H]1O. The predicted molar refractivity (Wildman–Crippen MR) is 111 cm³/mol. The van der Waals surface area contributed by atoms with E-state index in [9.17, 15) is 34.8 Å². The van der Waals surface area contributed by atoms with Crippen molar-refractivity contribution in [3.63, 3.8) is 0 Å². The molecule has 0 radical (unpaired) electrons. The number of aliphatic hydroxyl groups excluding tert-OH is 4. The molecule has 1 aliphatic rings. The summed E-state index contributed by atoms with van der Waals surface area (Å²) in [6.07, 6.45) is -6.59. The van der Waals surface area contributed by atoms with Crippen LogP contribution in [0.4, 0.5) is 0 Å². The molecule has 0 spiro atoms. The molecule has 1 amide bonds. The Hall–Kier alpha value is -3.03. The molecule has 0 bridgehead atoms. The molecule has 1 aliphatic heterocycles. The van der Waals surface area contributed by atoms with Gasteiger partial charge in [0.05, 0.1) is 25.0 Å².